The maximum Gasteiger partial charge on any atom is 0.158 e. The molecule has 2 rings (SSSR count). The lowest BCUT2D eigenvalue weighted by Crippen LogP contribution is -2.03. The normalized spacial score (nSPS) is 10.3. The molecule has 5 nitrogen and oxygen atoms in total. The summed E-state index contributed by atoms with van der Waals surface area (Å²) >= 11 is 5.81. The molecule has 0 bridgehead atoms. The second-order valence-corrected chi connectivity index (χ2v) is 4.00. The standard InChI is InChI=1S/C11H12ClN5/c1-6-3-4-8(7(2)16-6)17-11-9(13)10(12)14-5-15-11/h3-5H,13H2,1-2H3,(H,14,15,17). The van der Waals surface area contributed by atoms with Crippen LogP contribution in [0.3, 0.4) is 0 Å². The van der Waals surface area contributed by atoms with Crippen molar-refractivity contribution in [2.45, 2.75) is 13.8 Å². The largest absolute Gasteiger partial charge is 0.393 e. The zero-order chi connectivity index (χ0) is 12.4. The highest BCUT2D eigenvalue weighted by Crippen LogP contribution is 2.26. The monoisotopic (exact) mass is 249 g/mol. The van der Waals surface area contributed by atoms with E-state index in [9.17, 15) is 0 Å². The smallest absolute Gasteiger partial charge is 0.158 e. The molecule has 0 aliphatic carbocycles. The van der Waals surface area contributed by atoms with E-state index in [1.807, 2.05) is 26.0 Å². The van der Waals surface area contributed by atoms with Gasteiger partial charge in [0, 0.05) is 5.69 Å². The van der Waals surface area contributed by atoms with Crippen molar-refractivity contribution in [1.29, 1.82) is 0 Å². The number of nitrogen functional groups attached to an aromatic ring is 1. The van der Waals surface area contributed by atoms with Crippen LogP contribution in [0.15, 0.2) is 18.5 Å². The molecule has 2 aromatic heterocycles. The maximum atomic E-state index is 5.81. The first-order chi connectivity index (χ1) is 8.08. The molecule has 0 aliphatic heterocycles. The van der Waals surface area contributed by atoms with Crippen LogP contribution in [0.1, 0.15) is 11.4 Å². The number of rotatable bonds is 2. The second-order valence-electron chi connectivity index (χ2n) is 3.64. The SMILES string of the molecule is Cc1ccc(Nc2ncnc(Cl)c2N)c(C)n1. The van der Waals surface area contributed by atoms with Gasteiger partial charge in [0.1, 0.15) is 12.0 Å². The van der Waals surface area contributed by atoms with Crippen molar-refractivity contribution in [3.63, 3.8) is 0 Å². The van der Waals surface area contributed by atoms with Gasteiger partial charge in [0.2, 0.25) is 0 Å². The summed E-state index contributed by atoms with van der Waals surface area (Å²) in [5.74, 6) is 0.485. The Kier molecular flexibility index (Phi) is 3.10. The van der Waals surface area contributed by atoms with Crippen LogP contribution in [0, 0.1) is 13.8 Å². The van der Waals surface area contributed by atoms with Gasteiger partial charge in [-0.15, -0.1) is 0 Å². The average molecular weight is 250 g/mol. The van der Waals surface area contributed by atoms with E-state index < -0.39 is 0 Å². The van der Waals surface area contributed by atoms with Crippen molar-refractivity contribution in [2.75, 3.05) is 11.1 Å². The van der Waals surface area contributed by atoms with E-state index in [1.165, 1.54) is 6.33 Å². The summed E-state index contributed by atoms with van der Waals surface area (Å²) in [6.07, 6.45) is 1.36. The number of halogens is 1. The third-order valence-corrected chi connectivity index (χ3v) is 2.61. The number of nitrogens with two attached hydrogens (primary N) is 1. The molecular formula is C11H12ClN5. The van der Waals surface area contributed by atoms with Crippen LogP contribution in [0.4, 0.5) is 17.2 Å². The third kappa shape index (κ3) is 2.45. The molecule has 0 amide bonds. The van der Waals surface area contributed by atoms with Gasteiger partial charge in [-0.1, -0.05) is 11.6 Å². The highest BCUT2D eigenvalue weighted by molar-refractivity contribution is 6.32. The number of pyridine rings is 1. The summed E-state index contributed by atoms with van der Waals surface area (Å²) in [6, 6.07) is 3.83. The highest BCUT2D eigenvalue weighted by Gasteiger charge is 2.07. The molecule has 88 valence electrons. The molecule has 0 unspecified atom stereocenters. The molecule has 17 heavy (non-hydrogen) atoms. The van der Waals surface area contributed by atoms with Gasteiger partial charge in [-0.3, -0.25) is 4.98 Å². The van der Waals surface area contributed by atoms with E-state index in [0.29, 0.717) is 11.5 Å². The Morgan fingerprint density at radius 2 is 2.00 bits per heavy atom. The quantitative estimate of drug-likeness (QED) is 0.800. The number of hydrogen-bond acceptors (Lipinski definition) is 5. The van der Waals surface area contributed by atoms with Gasteiger partial charge in [0.15, 0.2) is 11.0 Å². The lowest BCUT2D eigenvalue weighted by atomic mass is 10.2. The predicted octanol–water partition coefficient (Wildman–Crippen LogP) is 2.47. The molecule has 0 saturated carbocycles. The zero-order valence-electron chi connectivity index (χ0n) is 9.53. The van der Waals surface area contributed by atoms with Gasteiger partial charge in [-0.05, 0) is 26.0 Å². The molecule has 0 atom stereocenters. The van der Waals surface area contributed by atoms with Crippen LogP contribution in [-0.2, 0) is 0 Å². The lowest BCUT2D eigenvalue weighted by molar-refractivity contribution is 1.11. The number of aryl methyl sites for hydroxylation is 2. The van der Waals surface area contributed by atoms with Crippen LogP contribution >= 0.6 is 11.6 Å². The van der Waals surface area contributed by atoms with Crippen molar-refractivity contribution in [1.82, 2.24) is 15.0 Å². The first kappa shape index (κ1) is 11.6. The zero-order valence-corrected chi connectivity index (χ0v) is 10.3. The van der Waals surface area contributed by atoms with Crippen LogP contribution < -0.4 is 11.1 Å². The van der Waals surface area contributed by atoms with E-state index in [1.54, 1.807) is 0 Å². The number of anilines is 3. The molecule has 0 spiro atoms. The Labute approximate surface area is 104 Å². The Balaban J connectivity index is 2.35. The Morgan fingerprint density at radius 3 is 2.71 bits per heavy atom. The van der Waals surface area contributed by atoms with E-state index in [0.717, 1.165) is 17.1 Å². The van der Waals surface area contributed by atoms with Gasteiger partial charge in [0.05, 0.1) is 11.4 Å². The number of nitrogens with zero attached hydrogens (tertiary/aromatic N) is 3. The average Bonchev–Trinajstić information content (AvgIpc) is 2.28. The maximum absolute atomic E-state index is 5.81. The minimum Gasteiger partial charge on any atom is -0.393 e. The molecule has 2 aromatic rings. The number of aromatic nitrogens is 3. The van der Waals surface area contributed by atoms with Gasteiger partial charge >= 0.3 is 0 Å². The van der Waals surface area contributed by atoms with Gasteiger partial charge in [0.25, 0.3) is 0 Å². The van der Waals surface area contributed by atoms with E-state index in [2.05, 4.69) is 20.3 Å². The van der Waals surface area contributed by atoms with Crippen molar-refractivity contribution in [3.8, 4) is 0 Å². The molecule has 2 heterocycles. The lowest BCUT2D eigenvalue weighted by Gasteiger charge is -2.10. The Morgan fingerprint density at radius 1 is 1.24 bits per heavy atom. The molecule has 0 fully saturated rings. The molecule has 0 aromatic carbocycles. The highest BCUT2D eigenvalue weighted by atomic mass is 35.5. The van der Waals surface area contributed by atoms with Crippen molar-refractivity contribution in [3.05, 3.63) is 35.0 Å². The minimum atomic E-state index is 0.236. The summed E-state index contributed by atoms with van der Waals surface area (Å²) in [4.78, 5) is 12.2. The van der Waals surface area contributed by atoms with E-state index >= 15 is 0 Å². The topological polar surface area (TPSA) is 76.7 Å². The molecule has 0 radical (unpaired) electrons. The summed E-state index contributed by atoms with van der Waals surface area (Å²) < 4.78 is 0. The van der Waals surface area contributed by atoms with E-state index in [-0.39, 0.29) is 5.15 Å². The van der Waals surface area contributed by atoms with Crippen LogP contribution in [0.5, 0.6) is 0 Å². The van der Waals surface area contributed by atoms with Gasteiger partial charge in [-0.25, -0.2) is 9.97 Å². The number of hydrogen-bond donors (Lipinski definition) is 2. The van der Waals surface area contributed by atoms with Crippen molar-refractivity contribution >= 4 is 28.8 Å². The number of nitrogens with one attached hydrogen (secondary N) is 1. The summed E-state index contributed by atoms with van der Waals surface area (Å²) in [7, 11) is 0. The van der Waals surface area contributed by atoms with E-state index in [4.69, 9.17) is 17.3 Å². The fourth-order valence-corrected chi connectivity index (χ4v) is 1.55. The second kappa shape index (κ2) is 4.55. The summed E-state index contributed by atoms with van der Waals surface area (Å²) in [5.41, 5.74) is 8.78. The fraction of sp³-hybridized carbons (Fsp3) is 0.182. The summed E-state index contributed by atoms with van der Waals surface area (Å²) in [6.45, 7) is 3.85. The van der Waals surface area contributed by atoms with Gasteiger partial charge < -0.3 is 11.1 Å². The fourth-order valence-electron chi connectivity index (χ4n) is 1.42. The van der Waals surface area contributed by atoms with Crippen LogP contribution in [0.25, 0.3) is 0 Å². The first-order valence-corrected chi connectivity index (χ1v) is 5.43. The molecule has 0 aliphatic rings. The van der Waals surface area contributed by atoms with Gasteiger partial charge in [-0.2, -0.15) is 0 Å². The molecule has 0 saturated heterocycles. The Hall–Kier alpha value is -1.88. The van der Waals surface area contributed by atoms with Crippen molar-refractivity contribution < 1.29 is 0 Å². The first-order valence-electron chi connectivity index (χ1n) is 5.05. The molecule has 3 N–H and O–H groups in total. The molecular weight excluding hydrogens is 238 g/mol. The van der Waals surface area contributed by atoms with Crippen molar-refractivity contribution in [2.24, 2.45) is 0 Å². The summed E-state index contributed by atoms with van der Waals surface area (Å²) in [5, 5.41) is 3.32. The third-order valence-electron chi connectivity index (χ3n) is 2.31. The van der Waals surface area contributed by atoms with Crippen LogP contribution in [0.2, 0.25) is 5.15 Å². The Bertz CT molecular complexity index is 556. The minimum absolute atomic E-state index is 0.236. The predicted molar refractivity (Wildman–Crippen MR) is 68.4 cm³/mol. The molecule has 6 heteroatoms. The van der Waals surface area contributed by atoms with Crippen LogP contribution in [-0.4, -0.2) is 15.0 Å².